The highest BCUT2D eigenvalue weighted by Crippen LogP contribution is 2.28. The van der Waals surface area contributed by atoms with Gasteiger partial charge in [-0.2, -0.15) is 0 Å². The van der Waals surface area contributed by atoms with Gasteiger partial charge in [-0.1, -0.05) is 53.3 Å². The summed E-state index contributed by atoms with van der Waals surface area (Å²) in [6.07, 6.45) is 3.15. The third-order valence-electron chi connectivity index (χ3n) is 3.03. The molecule has 0 aliphatic rings. The molecule has 1 aromatic heterocycles. The summed E-state index contributed by atoms with van der Waals surface area (Å²) in [5, 5.41) is 6.95. The Balaban J connectivity index is 1.60. The molecular weight excluding hydrogens is 362 g/mol. The molecule has 0 spiro atoms. The van der Waals surface area contributed by atoms with Crippen LogP contribution < -0.4 is 10.6 Å². The van der Waals surface area contributed by atoms with E-state index in [1.165, 1.54) is 17.4 Å². The Morgan fingerprint density at radius 2 is 2.00 bits per heavy atom. The molecule has 120 valence electrons. The monoisotopic (exact) mass is 373 g/mol. The summed E-state index contributed by atoms with van der Waals surface area (Å²) < 4.78 is 0.947. The molecule has 1 amide bonds. The van der Waals surface area contributed by atoms with Crippen molar-refractivity contribution in [1.82, 2.24) is 10.3 Å². The Bertz CT molecular complexity index is 922. The number of hydrogen-bond donors (Lipinski definition) is 2. The lowest BCUT2D eigenvalue weighted by Gasteiger charge is -2.04. The van der Waals surface area contributed by atoms with Crippen LogP contribution in [0.1, 0.15) is 5.56 Å². The minimum absolute atomic E-state index is 0.197. The summed E-state index contributed by atoms with van der Waals surface area (Å²) in [6.45, 7) is 0. The van der Waals surface area contributed by atoms with E-state index >= 15 is 0 Å². The molecule has 0 aliphatic carbocycles. The number of benzene rings is 2. The number of thiazole rings is 1. The number of aromatic nitrogens is 1. The maximum atomic E-state index is 11.9. The van der Waals surface area contributed by atoms with Crippen molar-refractivity contribution < 1.29 is 4.79 Å². The van der Waals surface area contributed by atoms with Gasteiger partial charge in [-0.05, 0) is 42.1 Å². The largest absolute Gasteiger partial charge is 0.308 e. The van der Waals surface area contributed by atoms with Gasteiger partial charge in [0.1, 0.15) is 0 Å². The molecule has 4 nitrogen and oxygen atoms in total. The van der Waals surface area contributed by atoms with Crippen LogP contribution in [0.2, 0.25) is 5.02 Å². The predicted molar refractivity (Wildman–Crippen MR) is 104 cm³/mol. The molecule has 0 atom stereocenters. The lowest BCUT2D eigenvalue weighted by Crippen LogP contribution is -2.32. The van der Waals surface area contributed by atoms with Gasteiger partial charge in [0.05, 0.1) is 10.2 Å². The zero-order chi connectivity index (χ0) is 16.9. The molecule has 0 saturated carbocycles. The quantitative estimate of drug-likeness (QED) is 0.525. The standard InChI is InChI=1S/C17H12ClN3OS2/c18-12-7-8-13-14(10-12)24-17(19-13)21-16(23)20-15(22)9-6-11-4-2-1-3-5-11/h1-10H,(H2,19,20,21,22,23). The van der Waals surface area contributed by atoms with Crippen LogP contribution in [-0.4, -0.2) is 16.0 Å². The maximum absolute atomic E-state index is 11.9. The summed E-state index contributed by atoms with van der Waals surface area (Å²) in [5.74, 6) is -0.305. The highest BCUT2D eigenvalue weighted by Gasteiger charge is 2.07. The van der Waals surface area contributed by atoms with Gasteiger partial charge in [0.15, 0.2) is 10.2 Å². The number of hydrogen-bond acceptors (Lipinski definition) is 4. The van der Waals surface area contributed by atoms with Crippen molar-refractivity contribution in [1.29, 1.82) is 0 Å². The van der Waals surface area contributed by atoms with Crippen molar-refractivity contribution in [3.8, 4) is 0 Å². The van der Waals surface area contributed by atoms with Gasteiger partial charge in [0.25, 0.3) is 0 Å². The van der Waals surface area contributed by atoms with Crippen molar-refractivity contribution in [2.75, 3.05) is 5.32 Å². The fourth-order valence-corrected chi connectivity index (χ4v) is 3.38. The molecule has 0 saturated heterocycles. The topological polar surface area (TPSA) is 54.0 Å². The Labute approximate surface area is 153 Å². The second kappa shape index (κ2) is 7.53. The third kappa shape index (κ3) is 4.38. The van der Waals surface area contributed by atoms with Gasteiger partial charge < -0.3 is 5.32 Å². The number of amides is 1. The number of carbonyl (C=O) groups is 1. The van der Waals surface area contributed by atoms with E-state index in [0.29, 0.717) is 10.2 Å². The van der Waals surface area contributed by atoms with Gasteiger partial charge in [0, 0.05) is 11.1 Å². The number of nitrogens with zero attached hydrogens (tertiary/aromatic N) is 1. The van der Waals surface area contributed by atoms with Crippen LogP contribution in [0, 0.1) is 0 Å². The first-order valence-electron chi connectivity index (χ1n) is 7.01. The van der Waals surface area contributed by atoms with Crippen LogP contribution in [-0.2, 0) is 4.79 Å². The fraction of sp³-hybridized carbons (Fsp3) is 0. The smallest absolute Gasteiger partial charge is 0.250 e. The van der Waals surface area contributed by atoms with E-state index in [-0.39, 0.29) is 11.0 Å². The molecule has 0 bridgehead atoms. The number of nitrogens with one attached hydrogen (secondary N) is 2. The highest BCUT2D eigenvalue weighted by atomic mass is 35.5. The normalized spacial score (nSPS) is 10.9. The zero-order valence-electron chi connectivity index (χ0n) is 12.3. The first-order valence-corrected chi connectivity index (χ1v) is 8.61. The van der Waals surface area contributed by atoms with Gasteiger partial charge in [0.2, 0.25) is 5.91 Å². The van der Waals surface area contributed by atoms with Gasteiger partial charge in [-0.3, -0.25) is 10.1 Å². The number of anilines is 1. The van der Waals surface area contributed by atoms with Gasteiger partial charge in [-0.15, -0.1) is 0 Å². The number of halogens is 1. The Hall–Kier alpha value is -2.28. The molecule has 0 radical (unpaired) electrons. The van der Waals surface area contributed by atoms with E-state index in [9.17, 15) is 4.79 Å². The lowest BCUT2D eigenvalue weighted by atomic mass is 10.2. The summed E-state index contributed by atoms with van der Waals surface area (Å²) in [6, 6.07) is 15.0. The molecular formula is C17H12ClN3OS2. The minimum atomic E-state index is -0.305. The average Bonchev–Trinajstić information content (AvgIpc) is 2.95. The number of fused-ring (bicyclic) bond motifs is 1. The number of thiocarbonyl (C=S) groups is 1. The summed E-state index contributed by atoms with van der Waals surface area (Å²) in [4.78, 5) is 16.3. The van der Waals surface area contributed by atoms with Crippen molar-refractivity contribution in [3.63, 3.8) is 0 Å². The van der Waals surface area contributed by atoms with Crippen LogP contribution in [0.5, 0.6) is 0 Å². The minimum Gasteiger partial charge on any atom is -0.308 e. The molecule has 3 rings (SSSR count). The highest BCUT2D eigenvalue weighted by molar-refractivity contribution is 7.80. The summed E-state index contributed by atoms with van der Waals surface area (Å²) >= 11 is 12.5. The Kier molecular flexibility index (Phi) is 5.20. The molecule has 3 aromatic rings. The van der Waals surface area contributed by atoms with E-state index < -0.39 is 0 Å². The average molecular weight is 374 g/mol. The van der Waals surface area contributed by atoms with Crippen LogP contribution in [0.3, 0.4) is 0 Å². The van der Waals surface area contributed by atoms with Crippen molar-refractivity contribution >= 4 is 67.6 Å². The van der Waals surface area contributed by atoms with Gasteiger partial charge in [-0.25, -0.2) is 4.98 Å². The van der Waals surface area contributed by atoms with Crippen molar-refractivity contribution in [2.45, 2.75) is 0 Å². The third-order valence-corrected chi connectivity index (χ3v) is 4.41. The molecule has 24 heavy (non-hydrogen) atoms. The fourth-order valence-electron chi connectivity index (χ4n) is 1.97. The van der Waals surface area contributed by atoms with E-state index in [2.05, 4.69) is 15.6 Å². The van der Waals surface area contributed by atoms with E-state index in [4.69, 9.17) is 23.8 Å². The first kappa shape index (κ1) is 16.6. The Morgan fingerprint density at radius 3 is 2.79 bits per heavy atom. The van der Waals surface area contributed by atoms with E-state index in [1.54, 1.807) is 12.1 Å². The first-order chi connectivity index (χ1) is 11.6. The van der Waals surface area contributed by atoms with Crippen LogP contribution >= 0.6 is 35.2 Å². The molecule has 2 aromatic carbocycles. The SMILES string of the molecule is O=C(C=Cc1ccccc1)NC(=S)Nc1nc2ccc(Cl)cc2s1. The molecule has 0 fully saturated rings. The van der Waals surface area contributed by atoms with Crippen molar-refractivity contribution in [2.24, 2.45) is 0 Å². The second-order valence-corrected chi connectivity index (χ2v) is 6.69. The maximum Gasteiger partial charge on any atom is 0.250 e. The second-order valence-electron chi connectivity index (χ2n) is 4.82. The van der Waals surface area contributed by atoms with Crippen LogP contribution in [0.15, 0.2) is 54.6 Å². The zero-order valence-corrected chi connectivity index (χ0v) is 14.7. The van der Waals surface area contributed by atoms with Gasteiger partial charge >= 0.3 is 0 Å². The summed E-state index contributed by atoms with van der Waals surface area (Å²) in [5.41, 5.74) is 1.76. The molecule has 2 N–H and O–H groups in total. The van der Waals surface area contributed by atoms with E-state index in [1.807, 2.05) is 42.5 Å². The molecule has 0 unspecified atom stereocenters. The predicted octanol–water partition coefficient (Wildman–Crippen LogP) is 4.48. The molecule has 0 aliphatic heterocycles. The summed E-state index contributed by atoms with van der Waals surface area (Å²) in [7, 11) is 0. The van der Waals surface area contributed by atoms with E-state index in [0.717, 1.165) is 15.8 Å². The Morgan fingerprint density at radius 1 is 1.21 bits per heavy atom. The molecule has 1 heterocycles. The van der Waals surface area contributed by atoms with Crippen LogP contribution in [0.4, 0.5) is 5.13 Å². The number of carbonyl (C=O) groups excluding carboxylic acids is 1. The lowest BCUT2D eigenvalue weighted by molar-refractivity contribution is -0.115. The van der Waals surface area contributed by atoms with Crippen LogP contribution in [0.25, 0.3) is 16.3 Å². The molecule has 7 heteroatoms. The number of rotatable bonds is 3. The van der Waals surface area contributed by atoms with Crippen molar-refractivity contribution in [3.05, 3.63) is 65.2 Å².